The Hall–Kier alpha value is -3.13. The Bertz CT molecular complexity index is 814. The highest BCUT2D eigenvalue weighted by atomic mass is 16.5. The molecule has 1 saturated heterocycles. The van der Waals surface area contributed by atoms with Crippen LogP contribution < -0.4 is 0 Å². The number of rotatable bonds is 5. The smallest absolute Gasteiger partial charge is 0.311 e. The van der Waals surface area contributed by atoms with Gasteiger partial charge in [0.15, 0.2) is 6.10 Å². The molecule has 3 rings (SSSR count). The Morgan fingerprint density at radius 1 is 1.22 bits per heavy atom. The highest BCUT2D eigenvalue weighted by Crippen LogP contribution is 2.21. The summed E-state index contributed by atoms with van der Waals surface area (Å²) in [4.78, 5) is 30.8. The fourth-order valence-corrected chi connectivity index (χ4v) is 3.23. The number of ether oxygens (including phenoxy) is 1. The lowest BCUT2D eigenvalue weighted by Gasteiger charge is -2.32. The van der Waals surface area contributed by atoms with Crippen molar-refractivity contribution in [2.45, 2.75) is 25.4 Å². The van der Waals surface area contributed by atoms with Gasteiger partial charge in [-0.2, -0.15) is 0 Å². The molecule has 0 unspecified atom stereocenters. The van der Waals surface area contributed by atoms with Crippen LogP contribution in [0.5, 0.6) is 0 Å². The molecule has 2 atom stereocenters. The molecule has 1 aromatic heterocycles. The Labute approximate surface area is 159 Å². The molecule has 0 radical (unpaired) electrons. The third kappa shape index (κ3) is 4.95. The van der Waals surface area contributed by atoms with Crippen LogP contribution in [0, 0.1) is 18.3 Å². The Morgan fingerprint density at radius 3 is 2.67 bits per heavy atom. The van der Waals surface area contributed by atoms with Gasteiger partial charge in [-0.1, -0.05) is 36.3 Å². The molecule has 1 aliphatic rings. The van der Waals surface area contributed by atoms with E-state index < -0.39 is 6.10 Å². The first kappa shape index (κ1) is 18.7. The number of esters is 1. The molecule has 0 spiro atoms. The quantitative estimate of drug-likeness (QED) is 0.606. The number of pyridine rings is 1. The number of aromatic nitrogens is 1. The summed E-state index contributed by atoms with van der Waals surface area (Å²) in [6.45, 7) is 0.982. The lowest BCUT2D eigenvalue weighted by atomic mass is 9.97. The molecule has 1 amide bonds. The summed E-state index contributed by atoms with van der Waals surface area (Å²) in [5.74, 6) is 1.78. The van der Waals surface area contributed by atoms with Crippen molar-refractivity contribution in [1.82, 2.24) is 9.88 Å². The van der Waals surface area contributed by atoms with E-state index in [0.29, 0.717) is 31.5 Å². The van der Waals surface area contributed by atoms with Crippen molar-refractivity contribution in [2.24, 2.45) is 5.92 Å². The second kappa shape index (κ2) is 9.00. The van der Waals surface area contributed by atoms with E-state index in [-0.39, 0.29) is 17.8 Å². The fraction of sp³-hybridized carbons (Fsp3) is 0.318. The second-order valence-corrected chi connectivity index (χ2v) is 6.61. The summed E-state index contributed by atoms with van der Waals surface area (Å²) in [5, 5.41) is 0. The van der Waals surface area contributed by atoms with Crippen LogP contribution in [0.1, 0.15) is 28.8 Å². The number of carbonyl (C=O) groups is 2. The maximum atomic E-state index is 12.6. The number of benzene rings is 1. The van der Waals surface area contributed by atoms with Gasteiger partial charge < -0.3 is 9.64 Å². The monoisotopic (exact) mass is 362 g/mol. The standard InChI is InChI=1S/C22H22N2O3/c1-2-20(15-17-7-4-3-5-8-17)27-22(26)19-9-6-14-24(16-19)21(25)18-10-12-23-13-11-18/h1,3-5,7-8,10-13,19-20H,6,9,14-16H2/t19-,20-/m0/s1. The van der Waals surface area contributed by atoms with Crippen LogP contribution in [0.2, 0.25) is 0 Å². The van der Waals surface area contributed by atoms with Crippen molar-refractivity contribution < 1.29 is 14.3 Å². The van der Waals surface area contributed by atoms with E-state index in [2.05, 4.69) is 10.9 Å². The maximum absolute atomic E-state index is 12.6. The van der Waals surface area contributed by atoms with E-state index >= 15 is 0 Å². The topological polar surface area (TPSA) is 59.5 Å². The summed E-state index contributed by atoms with van der Waals surface area (Å²) in [6.07, 6.45) is 10.1. The second-order valence-electron chi connectivity index (χ2n) is 6.61. The number of terminal acetylenes is 1. The number of carbonyl (C=O) groups excluding carboxylic acids is 2. The average molecular weight is 362 g/mol. The van der Waals surface area contributed by atoms with E-state index in [1.807, 2.05) is 30.3 Å². The number of hydrogen-bond donors (Lipinski definition) is 0. The molecule has 5 heteroatoms. The molecule has 0 bridgehead atoms. The molecule has 2 heterocycles. The summed E-state index contributed by atoms with van der Waals surface area (Å²) in [6, 6.07) is 13.0. The SMILES string of the molecule is C#C[C@@H](Cc1ccccc1)OC(=O)[C@H]1CCCN(C(=O)c2ccncc2)C1. The van der Waals surface area contributed by atoms with Crippen LogP contribution in [0.3, 0.4) is 0 Å². The van der Waals surface area contributed by atoms with Gasteiger partial charge in [-0.3, -0.25) is 14.6 Å². The van der Waals surface area contributed by atoms with Crippen molar-refractivity contribution in [1.29, 1.82) is 0 Å². The van der Waals surface area contributed by atoms with Crippen molar-refractivity contribution in [3.63, 3.8) is 0 Å². The Morgan fingerprint density at radius 2 is 1.96 bits per heavy atom. The molecular weight excluding hydrogens is 340 g/mol. The van der Waals surface area contributed by atoms with Crippen LogP contribution in [0.15, 0.2) is 54.9 Å². The van der Waals surface area contributed by atoms with Crippen molar-refractivity contribution >= 4 is 11.9 Å². The molecule has 1 aliphatic heterocycles. The zero-order valence-corrected chi connectivity index (χ0v) is 15.1. The summed E-state index contributed by atoms with van der Waals surface area (Å²) in [7, 11) is 0. The molecular formula is C22H22N2O3. The van der Waals surface area contributed by atoms with E-state index in [1.165, 1.54) is 0 Å². The van der Waals surface area contributed by atoms with E-state index in [1.54, 1.807) is 29.4 Å². The highest BCUT2D eigenvalue weighted by molar-refractivity contribution is 5.94. The van der Waals surface area contributed by atoms with Crippen molar-refractivity contribution in [2.75, 3.05) is 13.1 Å². The predicted molar refractivity (Wildman–Crippen MR) is 102 cm³/mol. The summed E-state index contributed by atoms with van der Waals surface area (Å²) in [5.41, 5.74) is 1.59. The first-order valence-electron chi connectivity index (χ1n) is 9.07. The molecule has 1 aromatic carbocycles. The highest BCUT2D eigenvalue weighted by Gasteiger charge is 2.31. The molecule has 2 aromatic rings. The van der Waals surface area contributed by atoms with Crippen LogP contribution >= 0.6 is 0 Å². The minimum absolute atomic E-state index is 0.0901. The Balaban J connectivity index is 1.59. The van der Waals surface area contributed by atoms with Crippen LogP contribution in [-0.4, -0.2) is 41.0 Å². The van der Waals surface area contributed by atoms with Crippen molar-refractivity contribution in [3.8, 4) is 12.3 Å². The average Bonchev–Trinajstić information content (AvgIpc) is 2.74. The first-order chi connectivity index (χ1) is 13.2. The molecule has 27 heavy (non-hydrogen) atoms. The van der Waals surface area contributed by atoms with E-state index in [0.717, 1.165) is 12.0 Å². The first-order valence-corrected chi connectivity index (χ1v) is 9.07. The normalized spacial score (nSPS) is 17.6. The van der Waals surface area contributed by atoms with E-state index in [9.17, 15) is 9.59 Å². The zero-order valence-electron chi connectivity index (χ0n) is 15.1. The molecule has 5 nitrogen and oxygen atoms in total. The molecule has 0 N–H and O–H groups in total. The van der Waals surface area contributed by atoms with Crippen LogP contribution in [0.4, 0.5) is 0 Å². The summed E-state index contributed by atoms with van der Waals surface area (Å²) >= 11 is 0. The molecule has 0 saturated carbocycles. The van der Waals surface area contributed by atoms with Gasteiger partial charge in [-0.25, -0.2) is 0 Å². The minimum Gasteiger partial charge on any atom is -0.449 e. The van der Waals surface area contributed by atoms with Gasteiger partial charge in [-0.15, -0.1) is 6.42 Å². The number of nitrogens with zero attached hydrogens (tertiary/aromatic N) is 2. The largest absolute Gasteiger partial charge is 0.449 e. The Kier molecular flexibility index (Phi) is 6.22. The van der Waals surface area contributed by atoms with Gasteiger partial charge in [0.25, 0.3) is 5.91 Å². The fourth-order valence-electron chi connectivity index (χ4n) is 3.23. The lowest BCUT2D eigenvalue weighted by molar-refractivity contribution is -0.152. The van der Waals surface area contributed by atoms with Gasteiger partial charge in [0.2, 0.25) is 0 Å². The lowest BCUT2D eigenvalue weighted by Crippen LogP contribution is -2.43. The molecule has 138 valence electrons. The van der Waals surface area contributed by atoms with Gasteiger partial charge >= 0.3 is 5.97 Å². The summed E-state index contributed by atoms with van der Waals surface area (Å²) < 4.78 is 5.55. The van der Waals surface area contributed by atoms with Crippen LogP contribution in [0.25, 0.3) is 0 Å². The maximum Gasteiger partial charge on any atom is 0.311 e. The number of amides is 1. The van der Waals surface area contributed by atoms with Gasteiger partial charge in [-0.05, 0) is 30.5 Å². The predicted octanol–water partition coefficient (Wildman–Crippen LogP) is 2.72. The van der Waals surface area contributed by atoms with Gasteiger partial charge in [0.05, 0.1) is 5.92 Å². The number of likely N-dealkylation sites (tertiary alicyclic amines) is 1. The molecule has 0 aliphatic carbocycles. The zero-order chi connectivity index (χ0) is 19.1. The molecule has 1 fully saturated rings. The van der Waals surface area contributed by atoms with Gasteiger partial charge in [0, 0.05) is 37.5 Å². The van der Waals surface area contributed by atoms with Crippen molar-refractivity contribution in [3.05, 3.63) is 66.0 Å². The van der Waals surface area contributed by atoms with Crippen LogP contribution in [-0.2, 0) is 16.0 Å². The number of hydrogen-bond acceptors (Lipinski definition) is 4. The third-order valence-electron chi connectivity index (χ3n) is 4.68. The minimum atomic E-state index is -0.605. The van der Waals surface area contributed by atoms with Gasteiger partial charge in [0.1, 0.15) is 0 Å². The third-order valence-corrected chi connectivity index (χ3v) is 4.68. The number of piperidine rings is 1. The van der Waals surface area contributed by atoms with E-state index in [4.69, 9.17) is 11.2 Å².